The van der Waals surface area contributed by atoms with E-state index in [1.807, 2.05) is 26.0 Å². The van der Waals surface area contributed by atoms with Crippen molar-refractivity contribution in [2.45, 2.75) is 58.4 Å². The van der Waals surface area contributed by atoms with Crippen LogP contribution in [0.2, 0.25) is 0 Å². The Labute approximate surface area is 163 Å². The fourth-order valence-electron chi connectivity index (χ4n) is 3.51. The number of amides is 3. The summed E-state index contributed by atoms with van der Waals surface area (Å²) in [5, 5.41) is 5.84. The van der Waals surface area contributed by atoms with Crippen LogP contribution in [0.4, 0.5) is 4.79 Å². The number of hydrogen-bond acceptors (Lipinski definition) is 5. The van der Waals surface area contributed by atoms with Gasteiger partial charge in [-0.05, 0) is 37.8 Å². The third-order valence-corrected chi connectivity index (χ3v) is 5.23. The summed E-state index contributed by atoms with van der Waals surface area (Å²) in [7, 11) is 0. The number of rotatable bonds is 5. The molecule has 3 rings (SSSR count). The van der Waals surface area contributed by atoms with E-state index in [9.17, 15) is 14.4 Å². The number of carbonyl (C=O) groups is 3. The standard InChI is InChI=1S/C21H26N2O5/c1-13-8-9-17-15(11-28-20(17)14(13)2)10-19(25)27-12-18(24)23-21(26)22-16-6-4-3-5-7-16/h8-9,11,16H,3-7,10,12H2,1-2H3,(H2,22,23,24,26). The third-order valence-electron chi connectivity index (χ3n) is 5.23. The van der Waals surface area contributed by atoms with E-state index in [0.29, 0.717) is 5.56 Å². The Balaban J connectivity index is 1.45. The van der Waals surface area contributed by atoms with Crippen LogP contribution in [-0.2, 0) is 20.7 Å². The van der Waals surface area contributed by atoms with Gasteiger partial charge in [0.25, 0.3) is 5.91 Å². The van der Waals surface area contributed by atoms with Gasteiger partial charge in [0.1, 0.15) is 5.58 Å². The van der Waals surface area contributed by atoms with Gasteiger partial charge in [0.2, 0.25) is 0 Å². The largest absolute Gasteiger partial charge is 0.464 e. The van der Waals surface area contributed by atoms with Crippen molar-refractivity contribution in [3.8, 4) is 0 Å². The van der Waals surface area contributed by atoms with Crippen molar-refractivity contribution in [1.82, 2.24) is 10.6 Å². The van der Waals surface area contributed by atoms with E-state index in [2.05, 4.69) is 10.6 Å². The van der Waals surface area contributed by atoms with Gasteiger partial charge in [-0.2, -0.15) is 0 Å². The second-order valence-corrected chi connectivity index (χ2v) is 7.34. The predicted octanol–water partition coefficient (Wildman–Crippen LogP) is 3.29. The zero-order valence-electron chi connectivity index (χ0n) is 16.3. The van der Waals surface area contributed by atoms with Gasteiger partial charge in [-0.15, -0.1) is 0 Å². The molecule has 2 N–H and O–H groups in total. The van der Waals surface area contributed by atoms with Gasteiger partial charge in [0, 0.05) is 17.0 Å². The Morgan fingerprint density at radius 3 is 2.64 bits per heavy atom. The number of aryl methyl sites for hydroxylation is 2. The van der Waals surface area contributed by atoms with Gasteiger partial charge < -0.3 is 14.5 Å². The van der Waals surface area contributed by atoms with Gasteiger partial charge in [-0.1, -0.05) is 31.4 Å². The van der Waals surface area contributed by atoms with Gasteiger partial charge in [-0.25, -0.2) is 4.79 Å². The van der Waals surface area contributed by atoms with Crippen LogP contribution in [0.3, 0.4) is 0 Å². The van der Waals surface area contributed by atoms with Crippen LogP contribution in [0.5, 0.6) is 0 Å². The minimum absolute atomic E-state index is 0.00293. The molecule has 0 atom stereocenters. The zero-order valence-corrected chi connectivity index (χ0v) is 16.3. The fourth-order valence-corrected chi connectivity index (χ4v) is 3.51. The topological polar surface area (TPSA) is 97.6 Å². The molecule has 0 unspecified atom stereocenters. The molecule has 1 saturated carbocycles. The van der Waals surface area contributed by atoms with E-state index >= 15 is 0 Å². The van der Waals surface area contributed by atoms with Crippen molar-refractivity contribution < 1.29 is 23.5 Å². The molecule has 150 valence electrons. The minimum atomic E-state index is -0.648. The lowest BCUT2D eigenvalue weighted by atomic mass is 9.96. The van der Waals surface area contributed by atoms with Crippen LogP contribution >= 0.6 is 0 Å². The van der Waals surface area contributed by atoms with Crippen molar-refractivity contribution in [1.29, 1.82) is 0 Å². The molecule has 1 aromatic carbocycles. The number of benzene rings is 1. The second-order valence-electron chi connectivity index (χ2n) is 7.34. The van der Waals surface area contributed by atoms with Gasteiger partial charge in [0.05, 0.1) is 12.7 Å². The summed E-state index contributed by atoms with van der Waals surface area (Å²) < 4.78 is 10.6. The summed E-state index contributed by atoms with van der Waals surface area (Å²) in [4.78, 5) is 35.7. The van der Waals surface area contributed by atoms with E-state index < -0.39 is 24.5 Å². The Hall–Kier alpha value is -2.83. The highest BCUT2D eigenvalue weighted by atomic mass is 16.5. The molecule has 0 aliphatic heterocycles. The predicted molar refractivity (Wildman–Crippen MR) is 104 cm³/mol. The lowest BCUT2D eigenvalue weighted by Crippen LogP contribution is -2.46. The second kappa shape index (κ2) is 8.91. The third kappa shape index (κ3) is 4.91. The smallest absolute Gasteiger partial charge is 0.321 e. The lowest BCUT2D eigenvalue weighted by Gasteiger charge is -2.22. The Morgan fingerprint density at radius 2 is 1.89 bits per heavy atom. The molecule has 0 radical (unpaired) electrons. The summed E-state index contributed by atoms with van der Waals surface area (Å²) >= 11 is 0. The number of carbonyl (C=O) groups excluding carboxylic acids is 3. The molecule has 7 heteroatoms. The summed E-state index contributed by atoms with van der Waals surface area (Å²) in [5.74, 6) is -1.20. The molecule has 28 heavy (non-hydrogen) atoms. The summed E-state index contributed by atoms with van der Waals surface area (Å²) in [6.45, 7) is 3.46. The van der Waals surface area contributed by atoms with Crippen molar-refractivity contribution in [3.63, 3.8) is 0 Å². The van der Waals surface area contributed by atoms with Crippen molar-refractivity contribution >= 4 is 28.9 Å². The maximum atomic E-state index is 12.1. The number of nitrogens with one attached hydrogen (secondary N) is 2. The molecule has 7 nitrogen and oxygen atoms in total. The molecule has 2 aromatic rings. The van der Waals surface area contributed by atoms with Crippen molar-refractivity contribution in [2.24, 2.45) is 0 Å². The maximum absolute atomic E-state index is 12.1. The molecule has 1 aliphatic carbocycles. The molecule has 1 aromatic heterocycles. The van der Waals surface area contributed by atoms with Crippen LogP contribution in [0.15, 0.2) is 22.8 Å². The monoisotopic (exact) mass is 386 g/mol. The lowest BCUT2D eigenvalue weighted by molar-refractivity contribution is -0.147. The first kappa shape index (κ1) is 19.9. The van der Waals surface area contributed by atoms with E-state index in [-0.39, 0.29) is 12.5 Å². The molecular weight excluding hydrogens is 360 g/mol. The SMILES string of the molecule is Cc1ccc2c(CC(=O)OCC(=O)NC(=O)NC3CCCCC3)coc2c1C. The number of esters is 1. The van der Waals surface area contributed by atoms with E-state index in [0.717, 1.165) is 47.8 Å². The highest BCUT2D eigenvalue weighted by Gasteiger charge is 2.18. The van der Waals surface area contributed by atoms with Crippen LogP contribution in [0.25, 0.3) is 11.0 Å². The summed E-state index contributed by atoms with van der Waals surface area (Å²) in [6.07, 6.45) is 6.73. The Morgan fingerprint density at radius 1 is 1.14 bits per heavy atom. The van der Waals surface area contributed by atoms with E-state index in [4.69, 9.17) is 9.15 Å². The van der Waals surface area contributed by atoms with E-state index in [1.165, 1.54) is 12.7 Å². The van der Waals surface area contributed by atoms with Crippen LogP contribution in [0, 0.1) is 13.8 Å². The molecule has 0 spiro atoms. The highest BCUT2D eigenvalue weighted by Crippen LogP contribution is 2.26. The highest BCUT2D eigenvalue weighted by molar-refractivity contribution is 5.96. The minimum Gasteiger partial charge on any atom is -0.464 e. The number of imide groups is 1. The van der Waals surface area contributed by atoms with E-state index in [1.54, 1.807) is 0 Å². The first-order valence-electron chi connectivity index (χ1n) is 9.66. The quantitative estimate of drug-likeness (QED) is 0.769. The van der Waals surface area contributed by atoms with Gasteiger partial charge in [0.15, 0.2) is 6.61 Å². The normalized spacial score (nSPS) is 14.6. The molecule has 1 fully saturated rings. The summed E-state index contributed by atoms with van der Waals surface area (Å²) in [6, 6.07) is 3.44. The van der Waals surface area contributed by atoms with Crippen molar-refractivity contribution in [3.05, 3.63) is 35.1 Å². The Kier molecular flexibility index (Phi) is 6.34. The molecule has 1 aliphatic rings. The first-order chi connectivity index (χ1) is 13.4. The number of hydrogen-bond donors (Lipinski definition) is 2. The van der Waals surface area contributed by atoms with Gasteiger partial charge in [-0.3, -0.25) is 14.9 Å². The number of urea groups is 1. The Bertz CT molecular complexity index is 880. The number of ether oxygens (including phenoxy) is 1. The van der Waals surface area contributed by atoms with Crippen molar-refractivity contribution in [2.75, 3.05) is 6.61 Å². The van der Waals surface area contributed by atoms with Crippen LogP contribution < -0.4 is 10.6 Å². The molecular formula is C21H26N2O5. The van der Waals surface area contributed by atoms with Gasteiger partial charge >= 0.3 is 12.0 Å². The molecule has 1 heterocycles. The average molecular weight is 386 g/mol. The molecule has 0 bridgehead atoms. The van der Waals surface area contributed by atoms with Crippen LogP contribution in [0.1, 0.15) is 48.8 Å². The van der Waals surface area contributed by atoms with Crippen LogP contribution in [-0.4, -0.2) is 30.6 Å². The zero-order chi connectivity index (χ0) is 20.1. The first-order valence-corrected chi connectivity index (χ1v) is 9.66. The number of fused-ring (bicyclic) bond motifs is 1. The molecule has 0 saturated heterocycles. The maximum Gasteiger partial charge on any atom is 0.321 e. The summed E-state index contributed by atoms with van der Waals surface area (Å²) in [5.41, 5.74) is 3.60. The number of furan rings is 1. The average Bonchev–Trinajstić information content (AvgIpc) is 3.07. The molecule has 3 amide bonds. The fraction of sp³-hybridized carbons (Fsp3) is 0.476.